The Bertz CT molecular complexity index is 998. The number of methoxy groups -OCH3 is 1. The molecule has 172 valence electrons. The Labute approximate surface area is 183 Å². The first-order valence-corrected chi connectivity index (χ1v) is 9.94. The van der Waals surface area contributed by atoms with Crippen molar-refractivity contribution >= 4 is 11.8 Å². The van der Waals surface area contributed by atoms with Gasteiger partial charge in [0.05, 0.1) is 13.2 Å². The third-order valence-corrected chi connectivity index (χ3v) is 5.60. The fourth-order valence-corrected chi connectivity index (χ4v) is 3.74. The van der Waals surface area contributed by atoms with E-state index in [9.17, 15) is 27.9 Å². The summed E-state index contributed by atoms with van der Waals surface area (Å²) in [4.78, 5) is 25.4. The van der Waals surface area contributed by atoms with Crippen molar-refractivity contribution in [3.8, 4) is 5.75 Å². The number of alkyl halides is 3. The predicted molar refractivity (Wildman–Crippen MR) is 111 cm³/mol. The molecule has 0 spiro atoms. The number of rotatable bonds is 4. The molecular formula is C23H25F3N2O4. The van der Waals surface area contributed by atoms with Crippen LogP contribution in [0.25, 0.3) is 0 Å². The minimum absolute atomic E-state index is 0.0623. The van der Waals surface area contributed by atoms with Gasteiger partial charge in [0.2, 0.25) is 5.72 Å². The zero-order valence-corrected chi connectivity index (χ0v) is 18.1. The first-order chi connectivity index (χ1) is 14.8. The van der Waals surface area contributed by atoms with Gasteiger partial charge in [-0.3, -0.25) is 4.79 Å². The summed E-state index contributed by atoms with van der Waals surface area (Å²) in [6.45, 7) is 5.94. The van der Waals surface area contributed by atoms with Gasteiger partial charge in [0.25, 0.3) is 0 Å². The molecule has 0 saturated carbocycles. The Morgan fingerprint density at radius 1 is 1.03 bits per heavy atom. The average molecular weight is 450 g/mol. The summed E-state index contributed by atoms with van der Waals surface area (Å²) in [6.07, 6.45) is -5.30. The third-order valence-electron chi connectivity index (χ3n) is 5.60. The van der Waals surface area contributed by atoms with Crippen LogP contribution in [-0.2, 0) is 5.41 Å². The maximum atomic E-state index is 14.0. The molecule has 32 heavy (non-hydrogen) atoms. The zero-order chi connectivity index (χ0) is 23.9. The van der Waals surface area contributed by atoms with Crippen molar-refractivity contribution in [3.05, 3.63) is 65.2 Å². The van der Waals surface area contributed by atoms with Gasteiger partial charge in [0.1, 0.15) is 11.7 Å². The molecule has 2 aromatic rings. The summed E-state index contributed by atoms with van der Waals surface area (Å²) in [5.41, 5.74) is -2.85. The summed E-state index contributed by atoms with van der Waals surface area (Å²) in [6, 6.07) is 9.42. The van der Waals surface area contributed by atoms with E-state index in [0.717, 1.165) is 5.56 Å². The highest BCUT2D eigenvalue weighted by atomic mass is 19.4. The standard InChI is InChI=1S/C23H25F3N2O4/c1-21(2,3)15-9-5-13(6-10-15)18-17(19(29)14-7-11-16(32-4)12-8-14)22(31,23(24,25)26)28-20(30)27-18/h5-12,17-18,31H,1-4H3,(H2,27,28,30)/t17-,18-,22+/m1/s1. The Morgan fingerprint density at radius 3 is 2.06 bits per heavy atom. The highest BCUT2D eigenvalue weighted by Crippen LogP contribution is 2.44. The number of hydrogen-bond donors (Lipinski definition) is 3. The highest BCUT2D eigenvalue weighted by Gasteiger charge is 2.66. The Kier molecular flexibility index (Phi) is 5.99. The monoisotopic (exact) mass is 450 g/mol. The lowest BCUT2D eigenvalue weighted by Gasteiger charge is -2.45. The number of aliphatic hydroxyl groups is 1. The number of Topliss-reactive ketones (excluding diaryl/α,β-unsaturated/α-hetero) is 1. The van der Waals surface area contributed by atoms with Crippen LogP contribution < -0.4 is 15.4 Å². The van der Waals surface area contributed by atoms with Crippen LogP contribution in [0.1, 0.15) is 48.3 Å². The van der Waals surface area contributed by atoms with Gasteiger partial charge in [-0.1, -0.05) is 45.0 Å². The number of urea groups is 1. The number of carbonyl (C=O) groups excluding carboxylic acids is 2. The van der Waals surface area contributed by atoms with Crippen LogP contribution in [-0.4, -0.2) is 35.9 Å². The number of nitrogens with one attached hydrogen (secondary N) is 2. The molecular weight excluding hydrogens is 425 g/mol. The zero-order valence-electron chi connectivity index (χ0n) is 18.1. The molecule has 1 aliphatic rings. The van der Waals surface area contributed by atoms with Crippen LogP contribution in [0.3, 0.4) is 0 Å². The van der Waals surface area contributed by atoms with E-state index in [1.54, 1.807) is 24.3 Å². The smallest absolute Gasteiger partial charge is 0.437 e. The van der Waals surface area contributed by atoms with Crippen molar-refractivity contribution < 1.29 is 32.6 Å². The molecule has 0 bridgehead atoms. The van der Waals surface area contributed by atoms with Gasteiger partial charge >= 0.3 is 12.2 Å². The van der Waals surface area contributed by atoms with Gasteiger partial charge in [0.15, 0.2) is 5.78 Å². The lowest BCUT2D eigenvalue weighted by Crippen LogP contribution is -2.72. The van der Waals surface area contributed by atoms with E-state index in [4.69, 9.17) is 4.74 Å². The second kappa shape index (κ2) is 8.12. The molecule has 6 nitrogen and oxygen atoms in total. The van der Waals surface area contributed by atoms with Gasteiger partial charge in [-0.05, 0) is 40.8 Å². The van der Waals surface area contributed by atoms with E-state index in [0.29, 0.717) is 5.75 Å². The molecule has 3 atom stereocenters. The van der Waals surface area contributed by atoms with Crippen molar-refractivity contribution in [1.82, 2.24) is 10.6 Å². The van der Waals surface area contributed by atoms with Crippen molar-refractivity contribution in [1.29, 1.82) is 0 Å². The van der Waals surface area contributed by atoms with Gasteiger partial charge in [-0.25, -0.2) is 4.79 Å². The summed E-state index contributed by atoms with van der Waals surface area (Å²) in [5.74, 6) is -2.64. The molecule has 0 aliphatic carbocycles. The van der Waals surface area contributed by atoms with Gasteiger partial charge in [-0.2, -0.15) is 13.2 Å². The molecule has 1 fully saturated rings. The number of benzene rings is 2. The lowest BCUT2D eigenvalue weighted by atomic mass is 9.76. The molecule has 0 radical (unpaired) electrons. The van der Waals surface area contributed by atoms with Crippen LogP contribution >= 0.6 is 0 Å². The number of amides is 2. The van der Waals surface area contributed by atoms with E-state index in [-0.39, 0.29) is 16.5 Å². The minimum atomic E-state index is -5.30. The molecule has 2 aromatic carbocycles. The van der Waals surface area contributed by atoms with E-state index in [1.165, 1.54) is 36.7 Å². The number of ether oxygens (including phenoxy) is 1. The fourth-order valence-electron chi connectivity index (χ4n) is 3.74. The highest BCUT2D eigenvalue weighted by molar-refractivity contribution is 6.00. The number of carbonyl (C=O) groups is 2. The summed E-state index contributed by atoms with van der Waals surface area (Å²) in [7, 11) is 1.41. The molecule has 1 aliphatic heterocycles. The number of ketones is 1. The van der Waals surface area contributed by atoms with E-state index < -0.39 is 35.7 Å². The largest absolute Gasteiger partial charge is 0.497 e. The van der Waals surface area contributed by atoms with Crippen molar-refractivity contribution in [2.45, 2.75) is 44.1 Å². The summed E-state index contributed by atoms with van der Waals surface area (Å²) < 4.78 is 47.0. The van der Waals surface area contributed by atoms with Crippen LogP contribution in [0.4, 0.5) is 18.0 Å². The normalized spacial score (nSPS) is 23.8. The first-order valence-electron chi connectivity index (χ1n) is 9.94. The second-order valence-corrected chi connectivity index (χ2v) is 8.78. The first kappa shape index (κ1) is 23.6. The quantitative estimate of drug-likeness (QED) is 0.612. The lowest BCUT2D eigenvalue weighted by molar-refractivity contribution is -0.287. The number of halogens is 3. The van der Waals surface area contributed by atoms with Crippen molar-refractivity contribution in [2.75, 3.05) is 7.11 Å². The number of hydrogen-bond acceptors (Lipinski definition) is 4. The predicted octanol–water partition coefficient (Wildman–Crippen LogP) is 4.10. The van der Waals surface area contributed by atoms with Gasteiger partial charge in [0, 0.05) is 5.56 Å². The van der Waals surface area contributed by atoms with E-state index in [2.05, 4.69) is 5.32 Å². The third kappa shape index (κ3) is 4.29. The van der Waals surface area contributed by atoms with Crippen molar-refractivity contribution in [2.24, 2.45) is 5.92 Å². The maximum absolute atomic E-state index is 14.0. The SMILES string of the molecule is COc1ccc(C(=O)[C@H]2[C@@H](c3ccc(C(C)(C)C)cc3)NC(=O)N[C@@]2(O)C(F)(F)F)cc1. The Hall–Kier alpha value is -3.07. The molecule has 3 N–H and O–H groups in total. The van der Waals surface area contributed by atoms with E-state index in [1.807, 2.05) is 20.8 Å². The summed E-state index contributed by atoms with van der Waals surface area (Å²) >= 11 is 0. The maximum Gasteiger partial charge on any atom is 0.437 e. The van der Waals surface area contributed by atoms with Gasteiger partial charge < -0.3 is 20.5 Å². The molecule has 0 aromatic heterocycles. The van der Waals surface area contributed by atoms with Crippen LogP contribution in [0.5, 0.6) is 5.75 Å². The molecule has 9 heteroatoms. The van der Waals surface area contributed by atoms with Crippen LogP contribution in [0, 0.1) is 5.92 Å². The molecule has 1 heterocycles. The average Bonchev–Trinajstić information content (AvgIpc) is 2.71. The molecule has 2 amide bonds. The van der Waals surface area contributed by atoms with Crippen LogP contribution in [0.15, 0.2) is 48.5 Å². The second-order valence-electron chi connectivity index (χ2n) is 8.78. The van der Waals surface area contributed by atoms with Crippen molar-refractivity contribution in [3.63, 3.8) is 0 Å². The summed E-state index contributed by atoms with van der Waals surface area (Å²) in [5, 5.41) is 14.6. The fraction of sp³-hybridized carbons (Fsp3) is 0.391. The van der Waals surface area contributed by atoms with Gasteiger partial charge in [-0.15, -0.1) is 0 Å². The van der Waals surface area contributed by atoms with Crippen LogP contribution in [0.2, 0.25) is 0 Å². The molecule has 1 saturated heterocycles. The van der Waals surface area contributed by atoms with E-state index >= 15 is 0 Å². The minimum Gasteiger partial charge on any atom is -0.497 e. The Morgan fingerprint density at radius 2 is 1.59 bits per heavy atom. The molecule has 3 rings (SSSR count). The molecule has 0 unspecified atom stereocenters. The Balaban J connectivity index is 2.12. The topological polar surface area (TPSA) is 87.7 Å².